The lowest BCUT2D eigenvalue weighted by Crippen LogP contribution is -2.59. The minimum atomic E-state index is -3.47. The topological polar surface area (TPSA) is 87.6 Å². The van der Waals surface area contributed by atoms with E-state index in [4.69, 9.17) is 14.5 Å². The Bertz CT molecular complexity index is 854. The third kappa shape index (κ3) is 2.98. The molecule has 0 aromatic carbocycles. The Morgan fingerprint density at radius 2 is 1.55 bits per heavy atom. The van der Waals surface area contributed by atoms with Crippen molar-refractivity contribution in [1.29, 1.82) is 0 Å². The quantitative estimate of drug-likeness (QED) is 0.548. The molecule has 2 spiro atoms. The average Bonchev–Trinajstić information content (AvgIpc) is 3.09. The standard InChI is InChI=1S/C21H28N2O5S/c24-29(25,19-22-6-1-7-23-19)13-14-2-4-20(5-3-14)26-21(28-27-20)17-9-15-8-16(11-17)12-18(21)10-15/h1,6-7,14-18H,2-5,8-13H2. The molecule has 0 amide bonds. The molecule has 158 valence electrons. The highest BCUT2D eigenvalue weighted by Gasteiger charge is 2.66. The average molecular weight is 421 g/mol. The van der Waals surface area contributed by atoms with Crippen LogP contribution < -0.4 is 0 Å². The second kappa shape index (κ2) is 6.45. The number of aromatic nitrogens is 2. The van der Waals surface area contributed by atoms with Gasteiger partial charge in [-0.05, 0) is 68.8 Å². The Morgan fingerprint density at radius 1 is 0.931 bits per heavy atom. The largest absolute Gasteiger partial charge is 0.312 e. The van der Waals surface area contributed by atoms with Crippen LogP contribution in [0.5, 0.6) is 0 Å². The van der Waals surface area contributed by atoms with E-state index >= 15 is 0 Å². The first-order chi connectivity index (χ1) is 14.0. The molecule has 2 heterocycles. The lowest BCUT2D eigenvalue weighted by molar-refractivity contribution is -0.390. The molecule has 7 rings (SSSR count). The van der Waals surface area contributed by atoms with Crippen molar-refractivity contribution in [3.63, 3.8) is 0 Å². The maximum absolute atomic E-state index is 12.6. The van der Waals surface area contributed by atoms with E-state index in [1.807, 2.05) is 0 Å². The summed E-state index contributed by atoms with van der Waals surface area (Å²) in [5, 5.41) is -0.0791. The summed E-state index contributed by atoms with van der Waals surface area (Å²) in [5.74, 6) is 1.48. The Labute approximate surface area is 171 Å². The molecule has 0 unspecified atom stereocenters. The molecular weight excluding hydrogens is 392 g/mol. The van der Waals surface area contributed by atoms with E-state index in [1.165, 1.54) is 44.5 Å². The summed E-state index contributed by atoms with van der Waals surface area (Å²) < 4.78 is 31.9. The summed E-state index contributed by atoms with van der Waals surface area (Å²) in [7, 11) is -3.47. The zero-order chi connectivity index (χ0) is 19.7. The molecule has 1 aromatic heterocycles. The van der Waals surface area contributed by atoms with Crippen LogP contribution in [0.2, 0.25) is 0 Å². The summed E-state index contributed by atoms with van der Waals surface area (Å²) in [6.07, 6.45) is 12.0. The van der Waals surface area contributed by atoms with Gasteiger partial charge >= 0.3 is 0 Å². The summed E-state index contributed by atoms with van der Waals surface area (Å²) in [4.78, 5) is 19.8. The number of rotatable bonds is 3. The van der Waals surface area contributed by atoms with Crippen molar-refractivity contribution in [3.8, 4) is 0 Å². The van der Waals surface area contributed by atoms with Gasteiger partial charge in [-0.1, -0.05) is 0 Å². The van der Waals surface area contributed by atoms with E-state index < -0.39 is 21.4 Å². The van der Waals surface area contributed by atoms with Crippen LogP contribution in [0.3, 0.4) is 0 Å². The van der Waals surface area contributed by atoms with Crippen LogP contribution in [-0.4, -0.2) is 35.7 Å². The molecule has 6 fully saturated rings. The van der Waals surface area contributed by atoms with Gasteiger partial charge < -0.3 is 4.74 Å². The van der Waals surface area contributed by atoms with Crippen LogP contribution >= 0.6 is 0 Å². The van der Waals surface area contributed by atoms with E-state index in [0.29, 0.717) is 24.7 Å². The van der Waals surface area contributed by atoms with Crippen LogP contribution in [0.25, 0.3) is 0 Å². The Morgan fingerprint density at radius 3 is 2.17 bits per heavy atom. The van der Waals surface area contributed by atoms with Gasteiger partial charge in [0.2, 0.25) is 26.6 Å². The predicted octanol–water partition coefficient (Wildman–Crippen LogP) is 3.27. The zero-order valence-corrected chi connectivity index (χ0v) is 17.4. The zero-order valence-electron chi connectivity index (χ0n) is 16.5. The molecule has 8 heteroatoms. The van der Waals surface area contributed by atoms with Gasteiger partial charge in [0.1, 0.15) is 0 Å². The van der Waals surface area contributed by atoms with Crippen molar-refractivity contribution in [2.75, 3.05) is 5.75 Å². The molecule has 0 N–H and O–H groups in total. The first-order valence-electron chi connectivity index (χ1n) is 11.0. The molecular formula is C21H28N2O5S. The lowest BCUT2D eigenvalue weighted by atomic mass is 9.53. The third-order valence-corrected chi connectivity index (χ3v) is 9.77. The van der Waals surface area contributed by atoms with Crippen molar-refractivity contribution in [2.45, 2.75) is 74.5 Å². The van der Waals surface area contributed by atoms with Crippen LogP contribution in [0.15, 0.2) is 23.6 Å². The summed E-state index contributed by atoms with van der Waals surface area (Å²) in [6, 6.07) is 1.62. The number of nitrogens with zero attached hydrogens (tertiary/aromatic N) is 2. The first-order valence-corrected chi connectivity index (χ1v) is 12.7. The van der Waals surface area contributed by atoms with Crippen molar-refractivity contribution in [2.24, 2.45) is 29.6 Å². The predicted molar refractivity (Wildman–Crippen MR) is 102 cm³/mol. The smallest absolute Gasteiger partial charge is 0.247 e. The van der Waals surface area contributed by atoms with Crippen molar-refractivity contribution in [3.05, 3.63) is 18.5 Å². The van der Waals surface area contributed by atoms with E-state index in [0.717, 1.165) is 24.7 Å². The van der Waals surface area contributed by atoms with E-state index in [1.54, 1.807) is 6.07 Å². The van der Waals surface area contributed by atoms with Gasteiger partial charge in [0.15, 0.2) is 0 Å². The summed E-state index contributed by atoms with van der Waals surface area (Å²) >= 11 is 0. The molecule has 0 atom stereocenters. The maximum Gasteiger partial charge on any atom is 0.247 e. The Balaban J connectivity index is 1.13. The number of sulfone groups is 1. The second-order valence-corrected chi connectivity index (χ2v) is 11.9. The fourth-order valence-corrected chi connectivity index (χ4v) is 8.46. The minimum Gasteiger partial charge on any atom is -0.312 e. The highest BCUT2D eigenvalue weighted by Crippen LogP contribution is 2.63. The van der Waals surface area contributed by atoms with Gasteiger partial charge in [-0.2, -0.15) is 9.78 Å². The molecule has 5 aliphatic carbocycles. The molecule has 6 aliphatic rings. The lowest BCUT2D eigenvalue weighted by Gasteiger charge is -2.57. The second-order valence-electron chi connectivity index (χ2n) is 9.96. The van der Waals surface area contributed by atoms with Crippen molar-refractivity contribution < 1.29 is 22.9 Å². The van der Waals surface area contributed by atoms with Gasteiger partial charge in [-0.3, -0.25) is 0 Å². The highest BCUT2D eigenvalue weighted by molar-refractivity contribution is 7.91. The van der Waals surface area contributed by atoms with Crippen LogP contribution in [-0.2, 0) is 24.3 Å². The highest BCUT2D eigenvalue weighted by atomic mass is 32.2. The SMILES string of the molecule is O=S(=O)(CC1CCC2(CC1)OOC1(O2)C2CC3CC(C2)CC1C3)c1ncccn1. The molecule has 29 heavy (non-hydrogen) atoms. The van der Waals surface area contributed by atoms with E-state index in [-0.39, 0.29) is 16.8 Å². The number of hydrogen-bond acceptors (Lipinski definition) is 7. The molecule has 1 aliphatic heterocycles. The van der Waals surface area contributed by atoms with E-state index in [9.17, 15) is 8.42 Å². The Hall–Kier alpha value is -1.09. The van der Waals surface area contributed by atoms with Gasteiger partial charge in [0.25, 0.3) is 0 Å². The molecule has 5 saturated carbocycles. The molecule has 0 radical (unpaired) electrons. The molecule has 4 bridgehead atoms. The van der Waals surface area contributed by atoms with Gasteiger partial charge in [0.05, 0.1) is 5.75 Å². The van der Waals surface area contributed by atoms with Gasteiger partial charge in [-0.25, -0.2) is 18.4 Å². The van der Waals surface area contributed by atoms with Gasteiger partial charge in [0, 0.05) is 37.1 Å². The van der Waals surface area contributed by atoms with E-state index in [2.05, 4.69) is 9.97 Å². The van der Waals surface area contributed by atoms with Crippen LogP contribution in [0.4, 0.5) is 0 Å². The van der Waals surface area contributed by atoms with Crippen molar-refractivity contribution >= 4 is 9.84 Å². The third-order valence-electron chi connectivity index (χ3n) is 8.09. The number of hydrogen-bond donors (Lipinski definition) is 0. The summed E-state index contributed by atoms with van der Waals surface area (Å²) in [5.41, 5.74) is 0. The monoisotopic (exact) mass is 420 g/mol. The Kier molecular flexibility index (Phi) is 4.15. The molecule has 7 nitrogen and oxygen atoms in total. The fourth-order valence-electron chi connectivity index (χ4n) is 6.91. The maximum atomic E-state index is 12.6. The molecule has 1 saturated heterocycles. The van der Waals surface area contributed by atoms with Crippen molar-refractivity contribution in [1.82, 2.24) is 9.97 Å². The normalized spacial score (nSPS) is 46.0. The van der Waals surface area contributed by atoms with Gasteiger partial charge in [-0.15, -0.1) is 0 Å². The van der Waals surface area contributed by atoms with Crippen LogP contribution in [0, 0.1) is 29.6 Å². The van der Waals surface area contributed by atoms with Crippen LogP contribution in [0.1, 0.15) is 57.8 Å². The molecule has 1 aromatic rings. The fraction of sp³-hybridized carbons (Fsp3) is 0.810. The number of ether oxygens (including phenoxy) is 1. The first kappa shape index (κ1) is 18.7. The minimum absolute atomic E-state index is 0.0664. The summed E-state index contributed by atoms with van der Waals surface area (Å²) in [6.45, 7) is 0.